The van der Waals surface area contributed by atoms with Crippen LogP contribution in [0, 0.1) is 11.6 Å². The van der Waals surface area contributed by atoms with E-state index in [1.165, 1.54) is 28.1 Å². The van der Waals surface area contributed by atoms with Crippen LogP contribution in [-0.4, -0.2) is 37.3 Å². The minimum atomic E-state index is -1.19. The number of hydrogen-bond donors (Lipinski definition) is 1. The number of anilines is 1. The summed E-state index contributed by atoms with van der Waals surface area (Å²) in [4.78, 5) is 27.3. The number of hydrogen-bond acceptors (Lipinski definition) is 4. The third-order valence-corrected chi connectivity index (χ3v) is 5.70. The molecule has 0 aliphatic carbocycles. The highest BCUT2D eigenvalue weighted by molar-refractivity contribution is 5.95. The lowest BCUT2D eigenvalue weighted by atomic mass is 9.90. The van der Waals surface area contributed by atoms with Gasteiger partial charge in [0.05, 0.1) is 23.5 Å². The summed E-state index contributed by atoms with van der Waals surface area (Å²) in [5.74, 6) is -1.56. The van der Waals surface area contributed by atoms with Crippen molar-refractivity contribution in [3.05, 3.63) is 63.2 Å². The summed E-state index contributed by atoms with van der Waals surface area (Å²) in [5, 5.41) is 14.7. The van der Waals surface area contributed by atoms with Crippen molar-refractivity contribution in [1.82, 2.24) is 14.2 Å². The lowest BCUT2D eigenvalue weighted by Crippen LogP contribution is -2.35. The van der Waals surface area contributed by atoms with Crippen molar-refractivity contribution >= 4 is 17.2 Å². The summed E-state index contributed by atoms with van der Waals surface area (Å²) in [6.07, 6.45) is 0.0496. The van der Waals surface area contributed by atoms with Crippen molar-refractivity contribution in [2.75, 3.05) is 11.4 Å². The van der Waals surface area contributed by atoms with Gasteiger partial charge in [-0.05, 0) is 31.5 Å². The van der Waals surface area contributed by atoms with E-state index in [0.29, 0.717) is 29.1 Å². The third-order valence-electron chi connectivity index (χ3n) is 5.70. The number of nitrogens with zero attached hydrogens (tertiary/aromatic N) is 4. The molecule has 0 fully saturated rings. The topological polar surface area (TPSA) is 79.8 Å². The molecule has 1 amide bonds. The Morgan fingerprint density at radius 1 is 1.22 bits per heavy atom. The van der Waals surface area contributed by atoms with Crippen molar-refractivity contribution in [2.45, 2.75) is 58.6 Å². The van der Waals surface area contributed by atoms with Crippen LogP contribution in [0.4, 0.5) is 14.5 Å². The molecule has 0 spiro atoms. The normalized spacial score (nSPS) is 15.4. The van der Waals surface area contributed by atoms with Gasteiger partial charge in [0.1, 0.15) is 11.6 Å². The van der Waals surface area contributed by atoms with Gasteiger partial charge in [-0.2, -0.15) is 0 Å². The zero-order valence-electron chi connectivity index (χ0n) is 18.7. The molecule has 9 heteroatoms. The van der Waals surface area contributed by atoms with Gasteiger partial charge in [0.2, 0.25) is 5.91 Å². The summed E-state index contributed by atoms with van der Waals surface area (Å²) in [7, 11) is 0. The fourth-order valence-corrected chi connectivity index (χ4v) is 4.39. The Morgan fingerprint density at radius 2 is 1.91 bits per heavy atom. The third kappa shape index (κ3) is 3.70. The number of amides is 1. The lowest BCUT2D eigenvalue weighted by molar-refractivity contribution is -0.116. The Labute approximate surface area is 183 Å². The summed E-state index contributed by atoms with van der Waals surface area (Å²) in [6, 6.07) is 5.09. The number of rotatable bonds is 4. The van der Waals surface area contributed by atoms with Crippen LogP contribution in [0.25, 0.3) is 5.65 Å². The number of fused-ring (bicyclic) bond motifs is 3. The highest BCUT2D eigenvalue weighted by Gasteiger charge is 2.41. The number of benzene rings is 1. The highest BCUT2D eigenvalue weighted by Crippen LogP contribution is 2.41. The van der Waals surface area contributed by atoms with Crippen molar-refractivity contribution in [3.8, 4) is 0 Å². The van der Waals surface area contributed by atoms with E-state index in [4.69, 9.17) is 0 Å². The molecule has 1 aliphatic rings. The predicted molar refractivity (Wildman–Crippen MR) is 116 cm³/mol. The van der Waals surface area contributed by atoms with Crippen LogP contribution >= 0.6 is 0 Å². The minimum absolute atomic E-state index is 0.0382. The molecule has 0 bridgehead atoms. The van der Waals surface area contributed by atoms with E-state index < -0.39 is 28.3 Å². The number of aliphatic hydroxyl groups is 1. The monoisotopic (exact) mass is 444 g/mol. The van der Waals surface area contributed by atoms with Crippen LogP contribution in [0.1, 0.15) is 51.4 Å². The van der Waals surface area contributed by atoms with Gasteiger partial charge in [0.15, 0.2) is 5.65 Å². The first-order chi connectivity index (χ1) is 14.8. The molecule has 1 N–H and O–H groups in total. The molecule has 0 saturated carbocycles. The molecule has 32 heavy (non-hydrogen) atoms. The number of halogens is 2. The second kappa shape index (κ2) is 7.23. The quantitative estimate of drug-likeness (QED) is 0.671. The fourth-order valence-electron chi connectivity index (χ4n) is 4.39. The molecule has 0 saturated heterocycles. The minimum Gasteiger partial charge on any atom is -0.389 e. The van der Waals surface area contributed by atoms with Gasteiger partial charge in [-0.25, -0.2) is 22.7 Å². The van der Waals surface area contributed by atoms with Gasteiger partial charge in [-0.15, -0.1) is 5.10 Å². The zero-order chi connectivity index (χ0) is 23.6. The summed E-state index contributed by atoms with van der Waals surface area (Å²) >= 11 is 0. The Balaban J connectivity index is 2.02. The van der Waals surface area contributed by atoms with Gasteiger partial charge in [0, 0.05) is 36.9 Å². The summed E-state index contributed by atoms with van der Waals surface area (Å²) in [6.45, 7) is 8.82. The van der Waals surface area contributed by atoms with E-state index >= 15 is 0 Å². The molecule has 170 valence electrons. The van der Waals surface area contributed by atoms with Crippen molar-refractivity contribution in [1.29, 1.82) is 0 Å². The zero-order valence-corrected chi connectivity index (χ0v) is 18.7. The van der Waals surface area contributed by atoms with Crippen LogP contribution < -0.4 is 10.6 Å². The van der Waals surface area contributed by atoms with Gasteiger partial charge in [-0.3, -0.25) is 4.79 Å². The van der Waals surface area contributed by atoms with E-state index in [1.807, 2.05) is 13.8 Å². The van der Waals surface area contributed by atoms with Gasteiger partial charge in [-0.1, -0.05) is 19.9 Å². The largest absolute Gasteiger partial charge is 0.389 e. The van der Waals surface area contributed by atoms with E-state index in [9.17, 15) is 23.5 Å². The molecule has 3 aromatic rings. The molecule has 4 rings (SSSR count). The Morgan fingerprint density at radius 3 is 2.50 bits per heavy atom. The molecule has 2 aromatic heterocycles. The number of carbonyl (C=O) groups excluding carboxylic acids is 1. The maximum absolute atomic E-state index is 14.4. The number of aromatic nitrogens is 3. The van der Waals surface area contributed by atoms with Crippen molar-refractivity contribution in [2.24, 2.45) is 0 Å². The highest BCUT2D eigenvalue weighted by atomic mass is 19.1. The maximum Gasteiger partial charge on any atom is 0.350 e. The Bertz CT molecular complexity index is 1300. The van der Waals surface area contributed by atoms with E-state index in [0.717, 1.165) is 6.07 Å². The van der Waals surface area contributed by atoms with Crippen LogP contribution in [0.2, 0.25) is 0 Å². The fraction of sp³-hybridized carbons (Fsp3) is 0.435. The standard InChI is InChI=1S/C23H26F2N4O3/c1-13(30)27-11-22(2,3)19-18(27)9-15(8-14-6-7-16(24)10-17(14)25)20-26-28(12-23(4,5)32)21(31)29(19)20/h6-7,9-10,32H,8,11-12H2,1-5H3. The van der Waals surface area contributed by atoms with Crippen LogP contribution in [0.5, 0.6) is 0 Å². The summed E-state index contributed by atoms with van der Waals surface area (Å²) < 4.78 is 30.4. The number of carbonyl (C=O) groups is 1. The molecule has 1 aromatic carbocycles. The van der Waals surface area contributed by atoms with E-state index in [2.05, 4.69) is 5.10 Å². The smallest absolute Gasteiger partial charge is 0.350 e. The first kappa shape index (κ1) is 22.1. The average molecular weight is 444 g/mol. The molecular formula is C23H26F2N4O3. The number of pyridine rings is 1. The molecule has 3 heterocycles. The lowest BCUT2D eigenvalue weighted by Gasteiger charge is -2.19. The van der Waals surface area contributed by atoms with Gasteiger partial charge < -0.3 is 10.0 Å². The second-order valence-electron chi connectivity index (χ2n) is 9.72. The van der Waals surface area contributed by atoms with Gasteiger partial charge in [0.25, 0.3) is 0 Å². The molecular weight excluding hydrogens is 418 g/mol. The molecule has 7 nitrogen and oxygen atoms in total. The van der Waals surface area contributed by atoms with Crippen LogP contribution in [0.3, 0.4) is 0 Å². The van der Waals surface area contributed by atoms with E-state index in [1.54, 1.807) is 24.8 Å². The van der Waals surface area contributed by atoms with Crippen molar-refractivity contribution < 1.29 is 18.7 Å². The first-order valence-electron chi connectivity index (χ1n) is 10.4. The second-order valence-corrected chi connectivity index (χ2v) is 9.72. The molecule has 0 atom stereocenters. The molecule has 1 aliphatic heterocycles. The summed E-state index contributed by atoms with van der Waals surface area (Å²) in [5.41, 5.74) is 0.114. The van der Waals surface area contributed by atoms with Crippen molar-refractivity contribution in [3.63, 3.8) is 0 Å². The van der Waals surface area contributed by atoms with Crippen LogP contribution in [-0.2, 0) is 23.2 Å². The van der Waals surface area contributed by atoms with Gasteiger partial charge >= 0.3 is 5.69 Å². The van der Waals surface area contributed by atoms with Crippen LogP contribution in [0.15, 0.2) is 29.1 Å². The first-order valence-corrected chi connectivity index (χ1v) is 10.4. The maximum atomic E-state index is 14.4. The van der Waals surface area contributed by atoms with E-state index in [-0.39, 0.29) is 24.4 Å². The molecule has 0 radical (unpaired) electrons. The SMILES string of the molecule is CC(=O)N1CC(C)(C)c2c1cc(Cc1ccc(F)cc1F)c1nn(CC(C)(C)O)c(=O)n21. The predicted octanol–water partition coefficient (Wildman–Crippen LogP) is 2.78. The Hall–Kier alpha value is -3.07. The average Bonchev–Trinajstić information content (AvgIpc) is 3.10. The Kier molecular flexibility index (Phi) is 5.00. The molecule has 0 unspecified atom stereocenters.